The third-order valence-electron chi connectivity index (χ3n) is 3.98. The van der Waals surface area contributed by atoms with Gasteiger partial charge in [0, 0.05) is 12.6 Å². The van der Waals surface area contributed by atoms with Crippen LogP contribution < -0.4 is 15.8 Å². The van der Waals surface area contributed by atoms with Crippen molar-refractivity contribution in [2.75, 3.05) is 20.2 Å². The van der Waals surface area contributed by atoms with Gasteiger partial charge in [-0.25, -0.2) is 4.39 Å². The molecular formula is C15H23FN2O. The Morgan fingerprint density at radius 2 is 2.26 bits per heavy atom. The minimum absolute atomic E-state index is 0.0143. The van der Waals surface area contributed by atoms with E-state index in [2.05, 4.69) is 5.32 Å². The quantitative estimate of drug-likeness (QED) is 0.797. The van der Waals surface area contributed by atoms with Crippen LogP contribution in [0.15, 0.2) is 18.2 Å². The van der Waals surface area contributed by atoms with Crippen LogP contribution in [-0.2, 0) is 0 Å². The fourth-order valence-corrected chi connectivity index (χ4v) is 2.48. The van der Waals surface area contributed by atoms with Crippen LogP contribution in [0.25, 0.3) is 0 Å². The van der Waals surface area contributed by atoms with Gasteiger partial charge in [-0.15, -0.1) is 0 Å². The number of benzene rings is 1. The van der Waals surface area contributed by atoms with E-state index in [-0.39, 0.29) is 17.6 Å². The molecule has 1 aliphatic rings. The summed E-state index contributed by atoms with van der Waals surface area (Å²) in [5.74, 6) is 0.812. The van der Waals surface area contributed by atoms with Crippen LogP contribution in [0.2, 0.25) is 0 Å². The van der Waals surface area contributed by atoms with Gasteiger partial charge in [0.1, 0.15) is 0 Å². The summed E-state index contributed by atoms with van der Waals surface area (Å²) in [5.41, 5.74) is 6.66. The lowest BCUT2D eigenvalue weighted by Crippen LogP contribution is -2.30. The van der Waals surface area contributed by atoms with Crippen molar-refractivity contribution in [3.05, 3.63) is 29.6 Å². The van der Waals surface area contributed by atoms with Crippen LogP contribution in [0.1, 0.15) is 37.3 Å². The fourth-order valence-electron chi connectivity index (χ4n) is 2.48. The van der Waals surface area contributed by atoms with Gasteiger partial charge in [0.2, 0.25) is 0 Å². The van der Waals surface area contributed by atoms with Gasteiger partial charge in [0.15, 0.2) is 11.6 Å². The summed E-state index contributed by atoms with van der Waals surface area (Å²) >= 11 is 0. The molecule has 0 aromatic heterocycles. The molecule has 3 nitrogen and oxygen atoms in total. The van der Waals surface area contributed by atoms with Crippen LogP contribution in [0, 0.1) is 11.7 Å². The predicted octanol–water partition coefficient (Wildman–Crippen LogP) is 2.61. The van der Waals surface area contributed by atoms with E-state index in [1.54, 1.807) is 6.07 Å². The van der Waals surface area contributed by atoms with E-state index in [0.717, 1.165) is 18.0 Å². The summed E-state index contributed by atoms with van der Waals surface area (Å²) in [6.07, 6.45) is 5.27. The highest BCUT2D eigenvalue weighted by atomic mass is 19.1. The second kappa shape index (κ2) is 6.87. The molecule has 1 aromatic carbocycles. The predicted molar refractivity (Wildman–Crippen MR) is 74.7 cm³/mol. The Balaban J connectivity index is 1.90. The van der Waals surface area contributed by atoms with Crippen molar-refractivity contribution in [1.29, 1.82) is 0 Å². The van der Waals surface area contributed by atoms with Crippen molar-refractivity contribution < 1.29 is 9.13 Å². The maximum absolute atomic E-state index is 13.7. The number of rotatable bonds is 7. The van der Waals surface area contributed by atoms with Gasteiger partial charge in [-0.05, 0) is 36.6 Å². The molecule has 0 aliphatic heterocycles. The average Bonchev–Trinajstić information content (AvgIpc) is 2.37. The average molecular weight is 266 g/mol. The number of halogens is 1. The van der Waals surface area contributed by atoms with Gasteiger partial charge in [0.05, 0.1) is 7.11 Å². The van der Waals surface area contributed by atoms with E-state index >= 15 is 0 Å². The van der Waals surface area contributed by atoms with Crippen molar-refractivity contribution in [1.82, 2.24) is 5.32 Å². The molecule has 1 atom stereocenters. The molecule has 106 valence electrons. The Morgan fingerprint density at radius 1 is 1.47 bits per heavy atom. The molecule has 1 unspecified atom stereocenters. The molecule has 1 aromatic rings. The van der Waals surface area contributed by atoms with E-state index in [1.165, 1.54) is 38.9 Å². The van der Waals surface area contributed by atoms with E-state index in [1.807, 2.05) is 6.07 Å². The van der Waals surface area contributed by atoms with Crippen LogP contribution in [0.4, 0.5) is 4.39 Å². The molecule has 0 heterocycles. The number of nitrogens with one attached hydrogen (secondary N) is 1. The lowest BCUT2D eigenvalue weighted by atomic mass is 9.83. The zero-order valence-electron chi connectivity index (χ0n) is 11.5. The van der Waals surface area contributed by atoms with Gasteiger partial charge >= 0.3 is 0 Å². The Kier molecular flexibility index (Phi) is 5.16. The van der Waals surface area contributed by atoms with E-state index < -0.39 is 0 Å². The summed E-state index contributed by atoms with van der Waals surface area (Å²) in [4.78, 5) is 0. The lowest BCUT2D eigenvalue weighted by Gasteiger charge is -2.26. The Hall–Kier alpha value is -1.13. The summed E-state index contributed by atoms with van der Waals surface area (Å²) < 4.78 is 18.6. The second-order valence-corrected chi connectivity index (χ2v) is 5.22. The van der Waals surface area contributed by atoms with Crippen LogP contribution in [0.5, 0.6) is 5.75 Å². The Morgan fingerprint density at radius 3 is 2.79 bits per heavy atom. The molecular weight excluding hydrogens is 243 g/mol. The molecule has 19 heavy (non-hydrogen) atoms. The van der Waals surface area contributed by atoms with E-state index in [0.29, 0.717) is 6.54 Å². The summed E-state index contributed by atoms with van der Waals surface area (Å²) in [7, 11) is 1.47. The molecule has 0 bridgehead atoms. The van der Waals surface area contributed by atoms with Crippen LogP contribution in [-0.4, -0.2) is 20.2 Å². The normalized spacial score (nSPS) is 17.0. The van der Waals surface area contributed by atoms with Gasteiger partial charge in [-0.3, -0.25) is 0 Å². The maximum Gasteiger partial charge on any atom is 0.165 e. The summed E-state index contributed by atoms with van der Waals surface area (Å²) in [5, 5.41) is 3.42. The molecule has 0 amide bonds. The largest absolute Gasteiger partial charge is 0.494 e. The maximum atomic E-state index is 13.7. The molecule has 1 aliphatic carbocycles. The first-order valence-corrected chi connectivity index (χ1v) is 7.01. The van der Waals surface area contributed by atoms with Crippen molar-refractivity contribution in [3.8, 4) is 5.75 Å². The van der Waals surface area contributed by atoms with Crippen molar-refractivity contribution in [2.45, 2.75) is 31.7 Å². The number of hydrogen-bond donors (Lipinski definition) is 2. The Labute approximate surface area is 114 Å². The van der Waals surface area contributed by atoms with Crippen molar-refractivity contribution in [2.24, 2.45) is 11.7 Å². The standard InChI is InChI=1S/C15H23FN2O/c1-19-15-6-5-12(9-13(15)16)14(10-17)18-8-7-11-3-2-4-11/h5-6,9,11,14,18H,2-4,7-8,10,17H2,1H3. The molecule has 1 saturated carbocycles. The molecule has 0 saturated heterocycles. The first-order chi connectivity index (χ1) is 9.24. The number of hydrogen-bond acceptors (Lipinski definition) is 3. The Bertz CT molecular complexity index is 407. The fraction of sp³-hybridized carbons (Fsp3) is 0.600. The minimum atomic E-state index is -0.334. The third kappa shape index (κ3) is 3.67. The summed E-state index contributed by atoms with van der Waals surface area (Å²) in [6.45, 7) is 1.41. The molecule has 1 fully saturated rings. The zero-order valence-corrected chi connectivity index (χ0v) is 11.5. The van der Waals surface area contributed by atoms with Gasteiger partial charge < -0.3 is 15.8 Å². The second-order valence-electron chi connectivity index (χ2n) is 5.22. The number of methoxy groups -OCH3 is 1. The van der Waals surface area contributed by atoms with Crippen molar-refractivity contribution in [3.63, 3.8) is 0 Å². The van der Waals surface area contributed by atoms with Gasteiger partial charge in [-0.2, -0.15) is 0 Å². The van der Waals surface area contributed by atoms with E-state index in [4.69, 9.17) is 10.5 Å². The van der Waals surface area contributed by atoms with Crippen LogP contribution in [0.3, 0.4) is 0 Å². The molecule has 0 spiro atoms. The van der Waals surface area contributed by atoms with E-state index in [9.17, 15) is 4.39 Å². The highest BCUT2D eigenvalue weighted by Gasteiger charge is 2.18. The van der Waals surface area contributed by atoms with Gasteiger partial charge in [-0.1, -0.05) is 25.3 Å². The SMILES string of the molecule is COc1ccc(C(CN)NCCC2CCC2)cc1F. The highest BCUT2D eigenvalue weighted by molar-refractivity contribution is 5.31. The molecule has 4 heteroatoms. The third-order valence-corrected chi connectivity index (χ3v) is 3.98. The summed E-state index contributed by atoms with van der Waals surface area (Å²) in [6, 6.07) is 5.05. The molecule has 2 rings (SSSR count). The monoisotopic (exact) mass is 266 g/mol. The topological polar surface area (TPSA) is 47.3 Å². The smallest absolute Gasteiger partial charge is 0.165 e. The number of ether oxygens (including phenoxy) is 1. The highest BCUT2D eigenvalue weighted by Crippen LogP contribution is 2.29. The van der Waals surface area contributed by atoms with Crippen molar-refractivity contribution >= 4 is 0 Å². The van der Waals surface area contributed by atoms with Gasteiger partial charge in [0.25, 0.3) is 0 Å². The zero-order chi connectivity index (χ0) is 13.7. The first-order valence-electron chi connectivity index (χ1n) is 7.01. The van der Waals surface area contributed by atoms with Crippen LogP contribution >= 0.6 is 0 Å². The minimum Gasteiger partial charge on any atom is -0.494 e. The number of nitrogens with two attached hydrogens (primary N) is 1. The molecule has 3 N–H and O–H groups in total. The lowest BCUT2D eigenvalue weighted by molar-refractivity contribution is 0.287. The molecule has 0 radical (unpaired) electrons. The first kappa shape index (κ1) is 14.3.